The number of alkyl halides is 2. The molecule has 0 amide bonds. The minimum atomic E-state index is -0.591. The van der Waals surface area contributed by atoms with Crippen molar-refractivity contribution in [2.24, 2.45) is 0 Å². The minimum Gasteiger partial charge on any atom is -0.312 e. The monoisotopic (exact) mass is 683 g/mol. The molecule has 0 aromatic heterocycles. The van der Waals surface area contributed by atoms with Crippen molar-refractivity contribution in [3.63, 3.8) is 0 Å². The summed E-state index contributed by atoms with van der Waals surface area (Å²) in [6.45, 7) is 18.5. The van der Waals surface area contributed by atoms with Crippen LogP contribution in [0.2, 0.25) is 0 Å². The Morgan fingerprint density at radius 1 is 0.391 bits per heavy atom. The predicted octanol–water partition coefficient (Wildman–Crippen LogP) is 14.0. The van der Waals surface area contributed by atoms with Gasteiger partial charge in [-0.25, -0.2) is 0 Å². The minimum absolute atomic E-state index is 0.204. The van der Waals surface area contributed by atoms with Crippen LogP contribution in [0.25, 0.3) is 0 Å². The summed E-state index contributed by atoms with van der Waals surface area (Å²) in [6, 6.07) is 0. The van der Waals surface area contributed by atoms with E-state index >= 15 is 0 Å². The van der Waals surface area contributed by atoms with Gasteiger partial charge in [0.1, 0.15) is 9.75 Å². The van der Waals surface area contributed by atoms with Gasteiger partial charge >= 0.3 is 0 Å². The normalized spacial score (nSPS) is 23.2. The molecule has 2 unspecified atom stereocenters. The summed E-state index contributed by atoms with van der Waals surface area (Å²) in [5, 5.41) is 7.87. The van der Waals surface area contributed by atoms with E-state index in [4.69, 9.17) is 23.2 Å². The highest BCUT2D eigenvalue weighted by Gasteiger charge is 2.61. The van der Waals surface area contributed by atoms with Crippen LogP contribution in [-0.2, 0) is 0 Å². The van der Waals surface area contributed by atoms with E-state index in [9.17, 15) is 0 Å². The van der Waals surface area contributed by atoms with Crippen molar-refractivity contribution in [3.8, 4) is 0 Å². The van der Waals surface area contributed by atoms with Crippen molar-refractivity contribution in [1.29, 1.82) is 0 Å². The summed E-state index contributed by atoms with van der Waals surface area (Å²) in [4.78, 5) is -1.18. The highest BCUT2D eigenvalue weighted by atomic mass is 35.5. The van der Waals surface area contributed by atoms with Crippen molar-refractivity contribution in [2.75, 3.05) is 14.1 Å². The van der Waals surface area contributed by atoms with E-state index in [2.05, 4.69) is 80.1 Å². The molecule has 0 aliphatic heterocycles. The molecule has 4 heteroatoms. The van der Waals surface area contributed by atoms with E-state index in [0.717, 1.165) is 25.7 Å². The van der Waals surface area contributed by atoms with Gasteiger partial charge in [-0.15, -0.1) is 23.2 Å². The van der Waals surface area contributed by atoms with Gasteiger partial charge in [0.2, 0.25) is 0 Å². The van der Waals surface area contributed by atoms with Crippen molar-refractivity contribution in [2.45, 2.75) is 230 Å². The van der Waals surface area contributed by atoms with Gasteiger partial charge in [0.25, 0.3) is 0 Å². The van der Waals surface area contributed by atoms with Gasteiger partial charge < -0.3 is 10.6 Å². The molecule has 0 fully saturated rings. The maximum atomic E-state index is 8.25. The summed E-state index contributed by atoms with van der Waals surface area (Å²) in [5.74, 6) is 0. The smallest absolute Gasteiger partial charge is 0.105 e. The molecule has 1 rings (SSSR count). The average Bonchev–Trinajstić information content (AvgIpc) is 3.07. The molecular weight excluding hydrogens is 603 g/mol. The lowest BCUT2D eigenvalue weighted by atomic mass is 9.58. The van der Waals surface area contributed by atoms with Crippen molar-refractivity contribution in [3.05, 3.63) is 22.3 Å². The number of rotatable bonds is 28. The van der Waals surface area contributed by atoms with Crippen LogP contribution in [0.4, 0.5) is 0 Å². The van der Waals surface area contributed by atoms with Gasteiger partial charge in [0.05, 0.1) is 0 Å². The van der Waals surface area contributed by atoms with E-state index in [1.807, 2.05) is 0 Å². The highest BCUT2D eigenvalue weighted by molar-refractivity contribution is 6.33. The second kappa shape index (κ2) is 22.6. The standard InChI is InChI=1S/C42H80Cl2N2/c1-11-15-19-23-25-29-33-39(45-9,31-27-21-17-13-3)41(43)35(5)37(7)42(44,38(8)36(41)6)40(46-10,32-28-22-18-14-4)34-30-26-24-20-16-12-2/h45-46H,11-34H2,1-10H3. The van der Waals surface area contributed by atoms with E-state index < -0.39 is 9.75 Å². The SMILES string of the molecule is CCCCCCCCC(CCCCCC)(NC)C1(Cl)C(C)=C(C)C(Cl)(C(CCCCCC)(CCCCCCCC)NC)C(C)=C1C. The second-order valence-electron chi connectivity index (χ2n) is 15.1. The Kier molecular flexibility index (Phi) is 21.7. The zero-order valence-electron chi connectivity index (χ0n) is 32.7. The van der Waals surface area contributed by atoms with E-state index in [0.29, 0.717) is 0 Å². The fourth-order valence-electron chi connectivity index (χ4n) is 8.94. The first-order valence-corrected chi connectivity index (χ1v) is 20.9. The van der Waals surface area contributed by atoms with Gasteiger partial charge in [-0.2, -0.15) is 0 Å². The Hall–Kier alpha value is -0.0200. The predicted molar refractivity (Wildman–Crippen MR) is 211 cm³/mol. The molecule has 0 saturated heterocycles. The van der Waals surface area contributed by atoms with Crippen LogP contribution in [0.1, 0.15) is 209 Å². The zero-order chi connectivity index (χ0) is 34.7. The largest absolute Gasteiger partial charge is 0.312 e. The lowest BCUT2D eigenvalue weighted by Crippen LogP contribution is -2.66. The van der Waals surface area contributed by atoms with Crippen LogP contribution >= 0.6 is 23.2 Å². The molecule has 2 nitrogen and oxygen atoms in total. The Morgan fingerprint density at radius 3 is 0.804 bits per heavy atom. The molecule has 2 N–H and O–H groups in total. The summed E-state index contributed by atoms with van der Waals surface area (Å²) >= 11 is 16.5. The topological polar surface area (TPSA) is 24.1 Å². The summed E-state index contributed by atoms with van der Waals surface area (Å²) < 4.78 is 0. The van der Waals surface area contributed by atoms with Gasteiger partial charge in [0, 0.05) is 11.1 Å². The van der Waals surface area contributed by atoms with Crippen molar-refractivity contribution >= 4 is 23.2 Å². The Morgan fingerprint density at radius 2 is 0.587 bits per heavy atom. The molecule has 0 aromatic rings. The summed E-state index contributed by atoms with van der Waals surface area (Å²) in [6.07, 6.45) is 30.1. The number of hydrogen-bond acceptors (Lipinski definition) is 2. The van der Waals surface area contributed by atoms with Crippen molar-refractivity contribution < 1.29 is 0 Å². The lowest BCUT2D eigenvalue weighted by molar-refractivity contribution is 0.214. The maximum absolute atomic E-state index is 8.25. The molecule has 0 bridgehead atoms. The molecule has 46 heavy (non-hydrogen) atoms. The number of halogens is 2. The first kappa shape index (κ1) is 44.0. The molecule has 1 aliphatic rings. The van der Waals surface area contributed by atoms with Crippen LogP contribution in [0, 0.1) is 0 Å². The Balaban J connectivity index is 3.67. The zero-order valence-corrected chi connectivity index (χ0v) is 34.2. The van der Waals surface area contributed by atoms with E-state index in [1.54, 1.807) is 0 Å². The fraction of sp³-hybridized carbons (Fsp3) is 0.905. The lowest BCUT2D eigenvalue weighted by Gasteiger charge is -2.58. The molecule has 272 valence electrons. The molecule has 0 saturated carbocycles. The number of nitrogens with one attached hydrogen (secondary N) is 2. The van der Waals surface area contributed by atoms with Gasteiger partial charge in [-0.1, -0.05) is 156 Å². The number of unbranched alkanes of at least 4 members (excludes halogenated alkanes) is 16. The van der Waals surface area contributed by atoms with Gasteiger partial charge in [0.15, 0.2) is 0 Å². The molecule has 0 aromatic carbocycles. The Bertz CT molecular complexity index is 796. The molecular formula is C42H80Cl2N2. The first-order valence-electron chi connectivity index (χ1n) is 20.1. The van der Waals surface area contributed by atoms with Gasteiger partial charge in [-0.05, 0) is 89.8 Å². The third kappa shape index (κ3) is 10.5. The van der Waals surface area contributed by atoms with E-state index in [-0.39, 0.29) is 11.1 Å². The van der Waals surface area contributed by atoms with E-state index in [1.165, 1.54) is 151 Å². The van der Waals surface area contributed by atoms with Crippen LogP contribution in [-0.4, -0.2) is 34.9 Å². The Labute approximate surface area is 299 Å². The molecule has 0 heterocycles. The van der Waals surface area contributed by atoms with Crippen molar-refractivity contribution in [1.82, 2.24) is 10.6 Å². The number of hydrogen-bond donors (Lipinski definition) is 2. The molecule has 2 atom stereocenters. The van der Waals surface area contributed by atoms with Crippen LogP contribution < -0.4 is 10.6 Å². The molecule has 0 radical (unpaired) electrons. The molecule has 1 aliphatic carbocycles. The maximum Gasteiger partial charge on any atom is 0.105 e. The summed E-state index contributed by atoms with van der Waals surface area (Å²) in [5.41, 5.74) is 4.76. The summed E-state index contributed by atoms with van der Waals surface area (Å²) in [7, 11) is 4.36. The quantitative estimate of drug-likeness (QED) is 0.0487. The highest BCUT2D eigenvalue weighted by Crippen LogP contribution is 2.60. The second-order valence-corrected chi connectivity index (χ2v) is 16.3. The average molecular weight is 684 g/mol. The molecule has 0 spiro atoms. The fourth-order valence-corrected chi connectivity index (χ4v) is 10.1. The third-order valence-corrected chi connectivity index (χ3v) is 14.2. The van der Waals surface area contributed by atoms with Gasteiger partial charge in [-0.3, -0.25) is 0 Å². The van der Waals surface area contributed by atoms with Crippen LogP contribution in [0.15, 0.2) is 22.3 Å². The first-order chi connectivity index (χ1) is 22.0. The van der Waals surface area contributed by atoms with Crippen LogP contribution in [0.3, 0.4) is 0 Å². The van der Waals surface area contributed by atoms with Crippen LogP contribution in [0.5, 0.6) is 0 Å². The third-order valence-electron chi connectivity index (χ3n) is 12.3.